The fraction of sp³-hybridized carbons (Fsp3) is 0.263. The molecule has 2 N–H and O–H groups in total. The van der Waals surface area contributed by atoms with Gasteiger partial charge in [-0.3, -0.25) is 4.79 Å². The van der Waals surface area contributed by atoms with Gasteiger partial charge in [-0.1, -0.05) is 22.0 Å². The summed E-state index contributed by atoms with van der Waals surface area (Å²) in [5, 5.41) is 3.93. The molecule has 2 heterocycles. The lowest BCUT2D eigenvalue weighted by Crippen LogP contribution is -2.23. The third-order valence-corrected chi connectivity index (χ3v) is 5.48. The van der Waals surface area contributed by atoms with Crippen molar-refractivity contribution in [3.05, 3.63) is 61.0 Å². The second-order valence-electron chi connectivity index (χ2n) is 6.30. The molecule has 0 radical (unpaired) electrons. The van der Waals surface area contributed by atoms with Gasteiger partial charge >= 0.3 is 0 Å². The second kappa shape index (κ2) is 7.61. The predicted molar refractivity (Wildman–Crippen MR) is 110 cm³/mol. The van der Waals surface area contributed by atoms with E-state index in [1.54, 1.807) is 6.07 Å². The molecule has 8 heteroatoms. The van der Waals surface area contributed by atoms with Crippen LogP contribution in [0.25, 0.3) is 10.9 Å². The molecule has 0 saturated heterocycles. The molecule has 1 aliphatic rings. The average molecular weight is 495 g/mol. The molecule has 140 valence electrons. The summed E-state index contributed by atoms with van der Waals surface area (Å²) in [6, 6.07) is 9.61. The number of H-pyrrole nitrogens is 1. The molecule has 27 heavy (non-hydrogen) atoms. The highest BCUT2D eigenvalue weighted by Crippen LogP contribution is 2.32. The fourth-order valence-corrected chi connectivity index (χ4v) is 4.31. The Bertz CT molecular complexity index is 1070. The average Bonchev–Trinajstić information content (AvgIpc) is 2.66. The summed E-state index contributed by atoms with van der Waals surface area (Å²) < 4.78 is 12.8. The van der Waals surface area contributed by atoms with Crippen LogP contribution in [0.4, 0.5) is 0 Å². The van der Waals surface area contributed by atoms with E-state index in [1.807, 2.05) is 24.3 Å². The smallest absolute Gasteiger partial charge is 0.258 e. The molecule has 0 bridgehead atoms. The minimum absolute atomic E-state index is 0.0511. The molecule has 0 saturated carbocycles. The van der Waals surface area contributed by atoms with E-state index in [1.165, 1.54) is 0 Å². The van der Waals surface area contributed by atoms with E-state index in [2.05, 4.69) is 54.1 Å². The van der Waals surface area contributed by atoms with Crippen molar-refractivity contribution in [3.8, 4) is 11.5 Å². The van der Waals surface area contributed by atoms with Gasteiger partial charge in [-0.2, -0.15) is 0 Å². The van der Waals surface area contributed by atoms with Crippen LogP contribution < -0.4 is 20.3 Å². The van der Waals surface area contributed by atoms with E-state index < -0.39 is 0 Å². The van der Waals surface area contributed by atoms with Gasteiger partial charge in [-0.25, -0.2) is 4.98 Å². The number of aromatic nitrogens is 2. The second-order valence-corrected chi connectivity index (χ2v) is 8.07. The number of fused-ring (bicyclic) bond motifs is 2. The first-order valence-corrected chi connectivity index (χ1v) is 10.1. The number of halogens is 2. The third kappa shape index (κ3) is 3.88. The minimum atomic E-state index is -0.161. The molecule has 0 amide bonds. The van der Waals surface area contributed by atoms with Gasteiger partial charge in [0.2, 0.25) is 0 Å². The van der Waals surface area contributed by atoms with Crippen molar-refractivity contribution in [2.24, 2.45) is 0 Å². The number of hydrogen-bond donors (Lipinski definition) is 2. The standard InChI is InChI=1S/C19H17Br2N3O3/c1-10(11-2-3-15-16(6-11)27-5-4-26-15)22-9-17-23-18-13(19(25)24-17)7-12(20)8-14(18)21/h2-3,6-8,10,22H,4-5,9H2,1H3,(H,23,24,25)/t10-/m1/s1. The van der Waals surface area contributed by atoms with Gasteiger partial charge in [0.15, 0.2) is 11.5 Å². The highest BCUT2D eigenvalue weighted by atomic mass is 79.9. The molecule has 0 fully saturated rings. The Labute approximate surface area is 172 Å². The number of aromatic amines is 1. The Morgan fingerprint density at radius 1 is 1.19 bits per heavy atom. The summed E-state index contributed by atoms with van der Waals surface area (Å²) in [5.74, 6) is 2.12. The number of nitrogens with zero attached hydrogens (tertiary/aromatic N) is 1. The number of ether oxygens (including phenoxy) is 2. The summed E-state index contributed by atoms with van der Waals surface area (Å²) in [7, 11) is 0. The van der Waals surface area contributed by atoms with E-state index >= 15 is 0 Å². The molecule has 1 aliphatic heterocycles. The highest BCUT2D eigenvalue weighted by molar-refractivity contribution is 9.11. The Morgan fingerprint density at radius 2 is 1.96 bits per heavy atom. The van der Waals surface area contributed by atoms with E-state index in [9.17, 15) is 4.79 Å². The normalized spacial score (nSPS) is 14.3. The monoisotopic (exact) mass is 493 g/mol. The molecular weight excluding hydrogens is 478 g/mol. The maximum Gasteiger partial charge on any atom is 0.258 e. The molecule has 1 atom stereocenters. The summed E-state index contributed by atoms with van der Waals surface area (Å²) in [6.07, 6.45) is 0. The van der Waals surface area contributed by atoms with Crippen LogP contribution in [0.1, 0.15) is 24.4 Å². The SMILES string of the molecule is C[C@@H](NCc1nc2c(Br)cc(Br)cc2c(=O)[nH]1)c1ccc2c(c1)OCCO2. The van der Waals surface area contributed by atoms with Crippen LogP contribution in [0, 0.1) is 0 Å². The Kier molecular flexibility index (Phi) is 5.21. The number of nitrogens with one attached hydrogen (secondary N) is 2. The first-order valence-electron chi connectivity index (χ1n) is 8.52. The van der Waals surface area contributed by atoms with Gasteiger partial charge in [0.1, 0.15) is 19.0 Å². The summed E-state index contributed by atoms with van der Waals surface area (Å²) in [4.78, 5) is 19.8. The minimum Gasteiger partial charge on any atom is -0.486 e. The van der Waals surface area contributed by atoms with Gasteiger partial charge < -0.3 is 19.8 Å². The molecule has 0 spiro atoms. The number of hydrogen-bond acceptors (Lipinski definition) is 5. The lowest BCUT2D eigenvalue weighted by Gasteiger charge is -2.21. The zero-order valence-corrected chi connectivity index (χ0v) is 17.7. The van der Waals surface area contributed by atoms with Crippen LogP contribution in [0.2, 0.25) is 0 Å². The lowest BCUT2D eigenvalue weighted by atomic mass is 10.1. The molecule has 0 unspecified atom stereocenters. The van der Waals surface area contributed by atoms with Gasteiger partial charge in [-0.05, 0) is 52.7 Å². The van der Waals surface area contributed by atoms with Crippen LogP contribution in [0.15, 0.2) is 44.1 Å². The fourth-order valence-electron chi connectivity index (χ4n) is 2.99. The van der Waals surface area contributed by atoms with Crippen molar-refractivity contribution in [3.63, 3.8) is 0 Å². The van der Waals surface area contributed by atoms with Crippen molar-refractivity contribution < 1.29 is 9.47 Å². The summed E-state index contributed by atoms with van der Waals surface area (Å²) in [6.45, 7) is 3.62. The van der Waals surface area contributed by atoms with Crippen molar-refractivity contribution in [2.75, 3.05) is 13.2 Å². The van der Waals surface area contributed by atoms with Crippen LogP contribution in [-0.2, 0) is 6.54 Å². The Hall–Kier alpha value is -1.90. The van der Waals surface area contributed by atoms with Crippen molar-refractivity contribution in [1.82, 2.24) is 15.3 Å². The molecule has 3 aromatic rings. The molecular formula is C19H17Br2N3O3. The quantitative estimate of drug-likeness (QED) is 0.571. The van der Waals surface area contributed by atoms with E-state index in [0.29, 0.717) is 36.5 Å². The van der Waals surface area contributed by atoms with Crippen LogP contribution in [0.3, 0.4) is 0 Å². The summed E-state index contributed by atoms with van der Waals surface area (Å²) >= 11 is 6.87. The van der Waals surface area contributed by atoms with Gasteiger partial charge in [0, 0.05) is 15.0 Å². The topological polar surface area (TPSA) is 76.2 Å². The van der Waals surface area contributed by atoms with Crippen molar-refractivity contribution >= 4 is 42.8 Å². The van der Waals surface area contributed by atoms with E-state index in [4.69, 9.17) is 9.47 Å². The van der Waals surface area contributed by atoms with Crippen LogP contribution in [0.5, 0.6) is 11.5 Å². The van der Waals surface area contributed by atoms with E-state index in [-0.39, 0.29) is 11.6 Å². The molecule has 0 aliphatic carbocycles. The van der Waals surface area contributed by atoms with Crippen molar-refractivity contribution in [2.45, 2.75) is 19.5 Å². The van der Waals surface area contributed by atoms with Crippen LogP contribution in [-0.4, -0.2) is 23.2 Å². The summed E-state index contributed by atoms with van der Waals surface area (Å²) in [5.41, 5.74) is 1.56. The first kappa shape index (κ1) is 18.5. The predicted octanol–water partition coefficient (Wildman–Crippen LogP) is 4.07. The lowest BCUT2D eigenvalue weighted by molar-refractivity contribution is 0.171. The Morgan fingerprint density at radius 3 is 2.78 bits per heavy atom. The highest BCUT2D eigenvalue weighted by Gasteiger charge is 2.15. The van der Waals surface area contributed by atoms with Gasteiger partial charge in [-0.15, -0.1) is 0 Å². The molecule has 1 aromatic heterocycles. The molecule has 6 nitrogen and oxygen atoms in total. The third-order valence-electron chi connectivity index (χ3n) is 4.42. The number of benzene rings is 2. The van der Waals surface area contributed by atoms with E-state index in [0.717, 1.165) is 26.0 Å². The van der Waals surface area contributed by atoms with Gasteiger partial charge in [0.05, 0.1) is 17.4 Å². The van der Waals surface area contributed by atoms with Crippen molar-refractivity contribution in [1.29, 1.82) is 0 Å². The maximum absolute atomic E-state index is 12.4. The number of rotatable bonds is 4. The maximum atomic E-state index is 12.4. The zero-order chi connectivity index (χ0) is 19.0. The van der Waals surface area contributed by atoms with Crippen LogP contribution >= 0.6 is 31.9 Å². The van der Waals surface area contributed by atoms with Gasteiger partial charge in [0.25, 0.3) is 5.56 Å². The molecule has 4 rings (SSSR count). The Balaban J connectivity index is 1.54. The molecule has 2 aromatic carbocycles. The zero-order valence-electron chi connectivity index (χ0n) is 14.5. The first-order chi connectivity index (χ1) is 13.0. The largest absolute Gasteiger partial charge is 0.486 e.